The van der Waals surface area contributed by atoms with Crippen LogP contribution in [0.4, 0.5) is 10.5 Å². The molecule has 0 aliphatic carbocycles. The number of carbonyl (C=O) groups excluding carboxylic acids is 1. The molecule has 8 heteroatoms. The van der Waals surface area contributed by atoms with Gasteiger partial charge in [-0.05, 0) is 87.9 Å². The van der Waals surface area contributed by atoms with E-state index in [9.17, 15) is 14.7 Å². The van der Waals surface area contributed by atoms with E-state index in [0.717, 1.165) is 36.9 Å². The number of carboxylic acids is 1. The largest absolute Gasteiger partial charge is 0.487 e. The van der Waals surface area contributed by atoms with Gasteiger partial charge in [-0.15, -0.1) is 0 Å². The summed E-state index contributed by atoms with van der Waals surface area (Å²) < 4.78 is 11.8. The molecule has 1 N–H and O–H groups in total. The number of fused-ring (bicyclic) bond motifs is 2. The second kappa shape index (κ2) is 10.4. The Bertz CT molecular complexity index is 1100. The summed E-state index contributed by atoms with van der Waals surface area (Å²) in [6.07, 6.45) is 3.31. The molecule has 2 aliphatic rings. The third kappa shape index (κ3) is 6.20. The maximum absolute atomic E-state index is 12.7. The number of amides is 1. The fraction of sp³-hybridized carbons (Fsp3) is 0.481. The number of carboxylic acid groups (broad SMARTS) is 1. The van der Waals surface area contributed by atoms with Crippen molar-refractivity contribution in [2.24, 2.45) is 0 Å². The zero-order chi connectivity index (χ0) is 25.2. The van der Waals surface area contributed by atoms with Gasteiger partial charge >= 0.3 is 12.1 Å². The maximum atomic E-state index is 12.7. The van der Waals surface area contributed by atoms with Crippen LogP contribution in [-0.4, -0.2) is 53.3 Å². The van der Waals surface area contributed by atoms with Crippen molar-refractivity contribution in [1.82, 2.24) is 4.90 Å². The molecule has 1 amide bonds. The van der Waals surface area contributed by atoms with E-state index in [2.05, 4.69) is 4.90 Å². The van der Waals surface area contributed by atoms with Crippen LogP contribution >= 0.6 is 11.6 Å². The van der Waals surface area contributed by atoms with Crippen molar-refractivity contribution in [3.8, 4) is 5.75 Å². The minimum atomic E-state index is -0.985. The Kier molecular flexibility index (Phi) is 7.45. The first-order valence-corrected chi connectivity index (χ1v) is 12.5. The average molecular weight is 501 g/mol. The van der Waals surface area contributed by atoms with Gasteiger partial charge in [0.1, 0.15) is 18.0 Å². The Morgan fingerprint density at radius 1 is 1.11 bits per heavy atom. The van der Waals surface area contributed by atoms with E-state index in [1.165, 1.54) is 5.56 Å². The number of hydrogen-bond donors (Lipinski definition) is 1. The highest BCUT2D eigenvalue weighted by atomic mass is 35.5. The molecule has 2 aromatic rings. The molecule has 4 rings (SSSR count). The van der Waals surface area contributed by atoms with Gasteiger partial charge in [-0.1, -0.05) is 17.7 Å². The molecule has 188 valence electrons. The first-order chi connectivity index (χ1) is 16.6. The standard InChI is InChI=1S/C27H33ClN2O5/c1-27(2,3)35-26(33)30-13-11-22(30)16-29-12-5-4-6-18-14-21(28)9-7-20(18)17-34-24-10-8-19(25(31)32)15-23(24)29/h7-10,14-15,22H,4-6,11-13,16-17H2,1-3H3,(H,31,32)/t22-/m0/s1. The third-order valence-electron chi connectivity index (χ3n) is 6.43. The molecule has 1 saturated heterocycles. The molecule has 0 bridgehead atoms. The van der Waals surface area contributed by atoms with Crippen LogP contribution in [0.5, 0.6) is 5.75 Å². The highest BCUT2D eigenvalue weighted by Crippen LogP contribution is 2.34. The van der Waals surface area contributed by atoms with Crippen LogP contribution in [0.3, 0.4) is 0 Å². The molecule has 0 saturated carbocycles. The van der Waals surface area contributed by atoms with Gasteiger partial charge in [-0.3, -0.25) is 0 Å². The fourth-order valence-electron chi connectivity index (χ4n) is 4.52. The van der Waals surface area contributed by atoms with Crippen LogP contribution in [0.2, 0.25) is 5.02 Å². The van der Waals surface area contributed by atoms with Crippen molar-refractivity contribution in [2.45, 2.75) is 64.7 Å². The lowest BCUT2D eigenvalue weighted by atomic mass is 10.0. The molecule has 2 aliphatic heterocycles. The number of aryl methyl sites for hydroxylation is 1. The summed E-state index contributed by atoms with van der Waals surface area (Å²) in [6.45, 7) is 7.90. The summed E-state index contributed by atoms with van der Waals surface area (Å²) in [6, 6.07) is 10.8. The normalized spacial score (nSPS) is 18.3. The minimum Gasteiger partial charge on any atom is -0.487 e. The van der Waals surface area contributed by atoms with Crippen molar-refractivity contribution in [2.75, 3.05) is 24.5 Å². The molecule has 2 heterocycles. The molecule has 1 fully saturated rings. The van der Waals surface area contributed by atoms with Crippen LogP contribution in [0, 0.1) is 0 Å². The number of aromatic carboxylic acids is 1. The van der Waals surface area contributed by atoms with Gasteiger partial charge in [0.25, 0.3) is 0 Å². The van der Waals surface area contributed by atoms with E-state index >= 15 is 0 Å². The SMILES string of the molecule is CC(C)(C)OC(=O)N1CC[C@H]1CN1CCCCc2cc(Cl)ccc2COc2ccc(C(=O)O)cc21. The second-order valence-corrected chi connectivity index (χ2v) is 10.6. The summed E-state index contributed by atoms with van der Waals surface area (Å²) in [5.74, 6) is -0.359. The molecule has 0 spiro atoms. The first kappa shape index (κ1) is 25.2. The number of anilines is 1. The summed E-state index contributed by atoms with van der Waals surface area (Å²) in [5.41, 5.74) is 2.63. The number of hydrogen-bond acceptors (Lipinski definition) is 5. The van der Waals surface area contributed by atoms with Gasteiger partial charge in [-0.2, -0.15) is 0 Å². The molecule has 35 heavy (non-hydrogen) atoms. The maximum Gasteiger partial charge on any atom is 0.410 e. The predicted octanol–water partition coefficient (Wildman–Crippen LogP) is 5.77. The Balaban J connectivity index is 1.61. The Morgan fingerprint density at radius 2 is 1.91 bits per heavy atom. The smallest absolute Gasteiger partial charge is 0.410 e. The van der Waals surface area contributed by atoms with Crippen LogP contribution in [0.25, 0.3) is 0 Å². The molecule has 0 aromatic heterocycles. The third-order valence-corrected chi connectivity index (χ3v) is 6.66. The van der Waals surface area contributed by atoms with E-state index in [4.69, 9.17) is 21.1 Å². The lowest BCUT2D eigenvalue weighted by molar-refractivity contribution is -0.00377. The molecule has 2 aromatic carbocycles. The number of likely N-dealkylation sites (tertiary alicyclic amines) is 1. The van der Waals surface area contributed by atoms with Crippen LogP contribution < -0.4 is 9.64 Å². The Hall–Kier alpha value is -2.93. The van der Waals surface area contributed by atoms with Gasteiger partial charge in [0, 0.05) is 24.7 Å². The lowest BCUT2D eigenvalue weighted by Gasteiger charge is -2.44. The van der Waals surface area contributed by atoms with Crippen molar-refractivity contribution in [3.05, 3.63) is 58.1 Å². The number of rotatable bonds is 3. The molecular formula is C27H33ClN2O5. The summed E-state index contributed by atoms with van der Waals surface area (Å²) in [5, 5.41) is 10.3. The molecule has 0 unspecified atom stereocenters. The quantitative estimate of drug-likeness (QED) is 0.576. The van der Waals surface area contributed by atoms with E-state index in [-0.39, 0.29) is 17.7 Å². The minimum absolute atomic E-state index is 0.00711. The van der Waals surface area contributed by atoms with Crippen molar-refractivity contribution in [3.63, 3.8) is 0 Å². The van der Waals surface area contributed by atoms with E-state index in [1.807, 2.05) is 39.0 Å². The van der Waals surface area contributed by atoms with Gasteiger partial charge in [0.15, 0.2) is 0 Å². The van der Waals surface area contributed by atoms with E-state index < -0.39 is 11.6 Å². The number of nitrogens with zero attached hydrogens (tertiary/aromatic N) is 2. The van der Waals surface area contributed by atoms with Crippen LogP contribution in [-0.2, 0) is 17.8 Å². The monoisotopic (exact) mass is 500 g/mol. The Labute approximate surface area is 211 Å². The summed E-state index contributed by atoms with van der Waals surface area (Å²) in [7, 11) is 0. The number of carbonyl (C=O) groups is 2. The molecule has 1 atom stereocenters. The molecule has 7 nitrogen and oxygen atoms in total. The van der Waals surface area contributed by atoms with Crippen molar-refractivity contribution < 1.29 is 24.2 Å². The fourth-order valence-corrected chi connectivity index (χ4v) is 4.71. The van der Waals surface area contributed by atoms with Crippen molar-refractivity contribution in [1.29, 1.82) is 0 Å². The second-order valence-electron chi connectivity index (χ2n) is 10.2. The van der Waals surface area contributed by atoms with Gasteiger partial charge < -0.3 is 24.4 Å². The van der Waals surface area contributed by atoms with E-state index in [1.54, 1.807) is 23.1 Å². The van der Waals surface area contributed by atoms with Crippen LogP contribution in [0.15, 0.2) is 36.4 Å². The van der Waals surface area contributed by atoms with Gasteiger partial charge in [0.2, 0.25) is 0 Å². The lowest BCUT2D eigenvalue weighted by Crippen LogP contribution is -2.57. The highest BCUT2D eigenvalue weighted by molar-refractivity contribution is 6.30. The number of halogens is 1. The topological polar surface area (TPSA) is 79.3 Å². The summed E-state index contributed by atoms with van der Waals surface area (Å²) in [4.78, 5) is 28.3. The predicted molar refractivity (Wildman–Crippen MR) is 136 cm³/mol. The van der Waals surface area contributed by atoms with Crippen molar-refractivity contribution >= 4 is 29.4 Å². The van der Waals surface area contributed by atoms with Crippen LogP contribution in [0.1, 0.15) is 61.5 Å². The molecule has 0 radical (unpaired) electrons. The first-order valence-electron chi connectivity index (χ1n) is 12.1. The number of benzene rings is 2. The van der Waals surface area contributed by atoms with E-state index in [0.29, 0.717) is 37.0 Å². The Morgan fingerprint density at radius 3 is 2.60 bits per heavy atom. The summed E-state index contributed by atoms with van der Waals surface area (Å²) >= 11 is 6.24. The van der Waals surface area contributed by atoms with Gasteiger partial charge in [0.05, 0.1) is 17.3 Å². The number of ether oxygens (including phenoxy) is 2. The average Bonchev–Trinajstić information content (AvgIpc) is 2.78. The highest BCUT2D eigenvalue weighted by Gasteiger charge is 2.36. The van der Waals surface area contributed by atoms with Gasteiger partial charge in [-0.25, -0.2) is 9.59 Å². The zero-order valence-corrected chi connectivity index (χ0v) is 21.3. The molecular weight excluding hydrogens is 468 g/mol. The zero-order valence-electron chi connectivity index (χ0n) is 20.6.